The molecule has 10 heavy (non-hydrogen) atoms. The van der Waals surface area contributed by atoms with Crippen LogP contribution in [-0.4, -0.2) is 39.2 Å². The Hall–Kier alpha value is 0.110. The van der Waals surface area contributed by atoms with Crippen LogP contribution in [0.5, 0.6) is 0 Å². The Balaban J connectivity index is 3.76. The summed E-state index contributed by atoms with van der Waals surface area (Å²) in [5, 5.41) is 2.76. The molecule has 0 saturated heterocycles. The predicted octanol–water partition coefficient (Wildman–Crippen LogP) is 0.564. The number of hydrogen-bond acceptors (Lipinski definition) is 3. The molecule has 0 bridgehead atoms. The lowest BCUT2D eigenvalue weighted by atomic mass is 11.2. The molecule has 0 aromatic rings. The molecule has 0 amide bonds. The molecular weight excluding hydrogens is 151 g/mol. The van der Waals surface area contributed by atoms with Gasteiger partial charge in [-0.1, -0.05) is 0 Å². The lowest BCUT2D eigenvalue weighted by Gasteiger charge is -2.19. The first-order valence-electron chi connectivity index (χ1n) is 3.05. The predicted molar refractivity (Wildman–Crippen MR) is 42.2 cm³/mol. The average Bonchev–Trinajstić information content (AvgIpc) is 1.84. The molecule has 4 nitrogen and oxygen atoms in total. The highest BCUT2D eigenvalue weighted by Crippen LogP contribution is 2.43. The third-order valence-electron chi connectivity index (χ3n) is 1.18. The molecule has 5 heteroatoms. The smallest absolute Gasteiger partial charge is 0.270 e. The number of hydrogen-bond donors (Lipinski definition) is 1. The van der Waals surface area contributed by atoms with Crippen molar-refractivity contribution >= 4 is 7.52 Å². The zero-order valence-corrected chi connectivity index (χ0v) is 7.81. The van der Waals surface area contributed by atoms with E-state index in [4.69, 9.17) is 4.52 Å². The normalized spacial score (nSPS) is 17.3. The van der Waals surface area contributed by atoms with E-state index < -0.39 is 7.52 Å². The van der Waals surface area contributed by atoms with Crippen LogP contribution < -0.4 is 5.32 Å². The van der Waals surface area contributed by atoms with Crippen LogP contribution in [0.25, 0.3) is 0 Å². The molecule has 0 saturated carbocycles. The molecule has 1 atom stereocenters. The summed E-state index contributed by atoms with van der Waals surface area (Å²) < 4.78 is 17.9. The summed E-state index contributed by atoms with van der Waals surface area (Å²) in [6.45, 7) is 1.91. The molecule has 0 spiro atoms. The van der Waals surface area contributed by atoms with Crippen molar-refractivity contribution in [3.8, 4) is 0 Å². The fraction of sp³-hybridized carbons (Fsp3) is 1.00. The molecule has 0 heterocycles. The molecule has 0 aliphatic carbocycles. The fourth-order valence-corrected chi connectivity index (χ4v) is 0.899. The second-order valence-electron chi connectivity index (χ2n) is 2.28. The third-order valence-corrected chi connectivity index (χ3v) is 3.24. The third kappa shape index (κ3) is 3.32. The number of rotatable bonds is 4. The zero-order chi connectivity index (χ0) is 8.20. The average molecular weight is 166 g/mol. The molecule has 0 aliphatic heterocycles. The van der Waals surface area contributed by atoms with Crippen molar-refractivity contribution in [3.05, 3.63) is 0 Å². The van der Waals surface area contributed by atoms with Gasteiger partial charge in [0.05, 0.1) is 0 Å². The van der Waals surface area contributed by atoms with Crippen molar-refractivity contribution in [2.45, 2.75) is 0 Å². The second kappa shape index (κ2) is 4.09. The maximum Gasteiger partial charge on any atom is 0.270 e. The number of nitrogens with zero attached hydrogens (tertiary/aromatic N) is 1. The van der Waals surface area contributed by atoms with E-state index in [0.29, 0.717) is 6.73 Å². The first kappa shape index (κ1) is 10.1. The minimum atomic E-state index is -2.51. The molecular formula is C5H15N2O2P. The van der Waals surface area contributed by atoms with E-state index in [2.05, 4.69) is 5.32 Å². The second-order valence-corrected chi connectivity index (χ2v) is 4.94. The van der Waals surface area contributed by atoms with Crippen molar-refractivity contribution in [2.75, 3.05) is 34.5 Å². The van der Waals surface area contributed by atoms with Gasteiger partial charge >= 0.3 is 0 Å². The molecule has 0 aliphatic rings. The minimum Gasteiger partial charge on any atom is -0.302 e. The number of nitrogens with one attached hydrogen (secondary N) is 1. The fourth-order valence-electron chi connectivity index (χ4n) is 0.300. The van der Waals surface area contributed by atoms with E-state index in [0.717, 1.165) is 0 Å². The summed E-state index contributed by atoms with van der Waals surface area (Å²) in [6.07, 6.45) is 0. The van der Waals surface area contributed by atoms with Gasteiger partial charge in [-0.2, -0.15) is 0 Å². The molecule has 0 fully saturated rings. The highest BCUT2D eigenvalue weighted by molar-refractivity contribution is 7.55. The van der Waals surface area contributed by atoms with Crippen molar-refractivity contribution < 1.29 is 9.09 Å². The van der Waals surface area contributed by atoms with Crippen LogP contribution in [0.4, 0.5) is 0 Å². The van der Waals surface area contributed by atoms with Crippen LogP contribution in [0.2, 0.25) is 0 Å². The van der Waals surface area contributed by atoms with Gasteiger partial charge in [0.2, 0.25) is 0 Å². The van der Waals surface area contributed by atoms with E-state index in [1.54, 1.807) is 32.5 Å². The van der Waals surface area contributed by atoms with Crippen LogP contribution >= 0.6 is 7.52 Å². The Morgan fingerprint density at radius 2 is 2.10 bits per heavy atom. The summed E-state index contributed by atoms with van der Waals surface area (Å²) in [5.74, 6) is 0. The Morgan fingerprint density at radius 1 is 1.60 bits per heavy atom. The van der Waals surface area contributed by atoms with Gasteiger partial charge in [-0.15, -0.1) is 0 Å². The summed E-state index contributed by atoms with van der Waals surface area (Å²) in [6, 6.07) is 0. The molecule has 0 radical (unpaired) electrons. The molecule has 0 aromatic heterocycles. The SMILES string of the molecule is CNCOP(C)(=O)N(C)C. The first-order valence-corrected chi connectivity index (χ1v) is 5.07. The molecule has 1 unspecified atom stereocenters. The standard InChI is InChI=1S/C5H15N2O2P/c1-6-5-9-10(4,8)7(2)3/h6H,5H2,1-4H3. The Kier molecular flexibility index (Phi) is 4.13. The van der Waals surface area contributed by atoms with Gasteiger partial charge in [0, 0.05) is 6.66 Å². The maximum atomic E-state index is 11.3. The van der Waals surface area contributed by atoms with Gasteiger partial charge in [-0.3, -0.25) is 9.88 Å². The lowest BCUT2D eigenvalue weighted by Crippen LogP contribution is -2.16. The van der Waals surface area contributed by atoms with Crippen molar-refractivity contribution in [1.82, 2.24) is 9.99 Å². The van der Waals surface area contributed by atoms with Crippen LogP contribution in [0, 0.1) is 0 Å². The molecule has 1 N–H and O–H groups in total. The summed E-state index contributed by atoms with van der Waals surface area (Å²) >= 11 is 0. The van der Waals surface area contributed by atoms with E-state index in [1.165, 1.54) is 0 Å². The molecule has 0 rings (SSSR count). The van der Waals surface area contributed by atoms with E-state index in [9.17, 15) is 4.57 Å². The van der Waals surface area contributed by atoms with Gasteiger partial charge in [0.1, 0.15) is 6.73 Å². The van der Waals surface area contributed by atoms with E-state index in [1.807, 2.05) is 0 Å². The Morgan fingerprint density at radius 3 is 2.40 bits per heavy atom. The quantitative estimate of drug-likeness (QED) is 0.489. The van der Waals surface area contributed by atoms with Crippen molar-refractivity contribution in [2.24, 2.45) is 0 Å². The van der Waals surface area contributed by atoms with Crippen LogP contribution in [0.1, 0.15) is 0 Å². The van der Waals surface area contributed by atoms with Gasteiger partial charge < -0.3 is 4.52 Å². The summed E-state index contributed by atoms with van der Waals surface area (Å²) in [7, 11) is 2.70. The lowest BCUT2D eigenvalue weighted by molar-refractivity contribution is 0.269. The minimum absolute atomic E-state index is 0.325. The summed E-state index contributed by atoms with van der Waals surface area (Å²) in [5.41, 5.74) is 0. The molecule has 62 valence electrons. The van der Waals surface area contributed by atoms with Crippen LogP contribution in [-0.2, 0) is 9.09 Å². The van der Waals surface area contributed by atoms with E-state index in [-0.39, 0.29) is 0 Å². The Bertz CT molecular complexity index is 138. The van der Waals surface area contributed by atoms with Gasteiger partial charge in [0.15, 0.2) is 0 Å². The van der Waals surface area contributed by atoms with E-state index >= 15 is 0 Å². The largest absolute Gasteiger partial charge is 0.302 e. The van der Waals surface area contributed by atoms with Crippen LogP contribution in [0.3, 0.4) is 0 Å². The maximum absolute atomic E-state index is 11.3. The zero-order valence-electron chi connectivity index (χ0n) is 6.92. The van der Waals surface area contributed by atoms with Gasteiger partial charge in [-0.05, 0) is 21.1 Å². The Labute approximate surface area is 62.1 Å². The van der Waals surface area contributed by atoms with Gasteiger partial charge in [0.25, 0.3) is 7.52 Å². The monoisotopic (exact) mass is 166 g/mol. The van der Waals surface area contributed by atoms with Crippen LogP contribution in [0.15, 0.2) is 0 Å². The first-order chi connectivity index (χ1) is 4.50. The van der Waals surface area contributed by atoms with Gasteiger partial charge in [-0.25, -0.2) is 4.67 Å². The highest BCUT2D eigenvalue weighted by Gasteiger charge is 2.17. The molecule has 0 aromatic carbocycles. The van der Waals surface area contributed by atoms with Crippen molar-refractivity contribution in [3.63, 3.8) is 0 Å². The topological polar surface area (TPSA) is 41.6 Å². The summed E-state index contributed by atoms with van der Waals surface area (Å²) in [4.78, 5) is 0. The van der Waals surface area contributed by atoms with Crippen molar-refractivity contribution in [1.29, 1.82) is 0 Å². The highest BCUT2D eigenvalue weighted by atomic mass is 31.2.